The van der Waals surface area contributed by atoms with Gasteiger partial charge in [-0.1, -0.05) is 12.1 Å². The Labute approximate surface area is 204 Å². The molecule has 0 radical (unpaired) electrons. The molecule has 1 N–H and O–H groups in total. The lowest BCUT2D eigenvalue weighted by atomic mass is 10.1. The van der Waals surface area contributed by atoms with Crippen LogP contribution in [0, 0.1) is 0 Å². The van der Waals surface area contributed by atoms with Crippen LogP contribution >= 0.6 is 0 Å². The summed E-state index contributed by atoms with van der Waals surface area (Å²) in [6.45, 7) is -0.257. The molecular formula is C26H28N2O7. The van der Waals surface area contributed by atoms with E-state index in [9.17, 15) is 9.59 Å². The van der Waals surface area contributed by atoms with Crippen molar-refractivity contribution in [1.29, 1.82) is 0 Å². The summed E-state index contributed by atoms with van der Waals surface area (Å²) in [6.07, 6.45) is 0. The first kappa shape index (κ1) is 25.2. The summed E-state index contributed by atoms with van der Waals surface area (Å²) < 4.78 is 26.8. The van der Waals surface area contributed by atoms with Crippen LogP contribution in [0.1, 0.15) is 10.4 Å². The Hall–Kier alpha value is -4.40. The molecule has 184 valence electrons. The maximum atomic E-state index is 13.1. The molecule has 0 aliphatic carbocycles. The smallest absolute Gasteiger partial charge is 0.262 e. The topological polar surface area (TPSA) is 95.6 Å². The van der Waals surface area contributed by atoms with Crippen LogP contribution in [0.3, 0.4) is 0 Å². The molecule has 0 unspecified atom stereocenters. The molecule has 0 heterocycles. The van der Waals surface area contributed by atoms with Gasteiger partial charge in [0.2, 0.25) is 0 Å². The van der Waals surface area contributed by atoms with E-state index >= 15 is 0 Å². The SMILES string of the molecule is COc1ccccc1NC(=O)COc1ccc(C(=O)N(C)c2ccc(OC)c(OC)c2)cc1OC. The summed E-state index contributed by atoms with van der Waals surface area (Å²) in [5.41, 5.74) is 1.54. The number of nitrogens with zero attached hydrogens (tertiary/aromatic N) is 1. The summed E-state index contributed by atoms with van der Waals surface area (Å²) in [5.74, 6) is 1.63. The third kappa shape index (κ3) is 5.94. The van der Waals surface area contributed by atoms with Crippen molar-refractivity contribution in [1.82, 2.24) is 0 Å². The van der Waals surface area contributed by atoms with Crippen LogP contribution in [0.2, 0.25) is 0 Å². The van der Waals surface area contributed by atoms with E-state index in [4.69, 9.17) is 23.7 Å². The molecule has 2 amide bonds. The lowest BCUT2D eigenvalue weighted by molar-refractivity contribution is -0.118. The second-order valence-electron chi connectivity index (χ2n) is 7.31. The summed E-state index contributed by atoms with van der Waals surface area (Å²) in [7, 11) is 7.72. The lowest BCUT2D eigenvalue weighted by Gasteiger charge is -2.20. The Bertz CT molecular complexity index is 1200. The van der Waals surface area contributed by atoms with Gasteiger partial charge in [0.05, 0.1) is 34.1 Å². The van der Waals surface area contributed by atoms with Crippen LogP contribution < -0.4 is 33.9 Å². The average molecular weight is 481 g/mol. The monoisotopic (exact) mass is 480 g/mol. The second kappa shape index (κ2) is 11.6. The summed E-state index contributed by atoms with van der Waals surface area (Å²) in [6, 6.07) is 17.0. The molecule has 0 aromatic heterocycles. The van der Waals surface area contributed by atoms with Gasteiger partial charge in [0.25, 0.3) is 11.8 Å². The third-order valence-electron chi connectivity index (χ3n) is 5.21. The first-order chi connectivity index (χ1) is 16.9. The number of carbonyl (C=O) groups excluding carboxylic acids is 2. The number of hydrogen-bond acceptors (Lipinski definition) is 7. The number of ether oxygens (including phenoxy) is 5. The van der Waals surface area contributed by atoms with E-state index in [0.29, 0.717) is 45.7 Å². The van der Waals surface area contributed by atoms with E-state index in [2.05, 4.69) is 5.32 Å². The molecule has 9 heteroatoms. The fourth-order valence-electron chi connectivity index (χ4n) is 3.34. The van der Waals surface area contributed by atoms with Gasteiger partial charge < -0.3 is 33.9 Å². The van der Waals surface area contributed by atoms with Gasteiger partial charge in [-0.05, 0) is 42.5 Å². The number of anilines is 2. The van der Waals surface area contributed by atoms with Crippen molar-refractivity contribution in [3.05, 3.63) is 66.2 Å². The van der Waals surface area contributed by atoms with E-state index < -0.39 is 0 Å². The number of rotatable bonds is 10. The number of para-hydroxylation sites is 2. The summed E-state index contributed by atoms with van der Waals surface area (Å²) in [5, 5.41) is 2.74. The summed E-state index contributed by atoms with van der Waals surface area (Å²) in [4.78, 5) is 26.9. The minimum Gasteiger partial charge on any atom is -0.495 e. The molecule has 3 aromatic rings. The van der Waals surface area contributed by atoms with Crippen molar-refractivity contribution in [2.45, 2.75) is 0 Å². The Morgan fingerprint density at radius 1 is 0.743 bits per heavy atom. The van der Waals surface area contributed by atoms with Crippen LogP contribution in [0.15, 0.2) is 60.7 Å². The Balaban J connectivity index is 1.70. The van der Waals surface area contributed by atoms with Gasteiger partial charge in [0, 0.05) is 24.4 Å². The number of benzene rings is 3. The van der Waals surface area contributed by atoms with E-state index in [1.54, 1.807) is 74.8 Å². The highest BCUT2D eigenvalue weighted by molar-refractivity contribution is 6.06. The molecule has 0 saturated heterocycles. The predicted molar refractivity (Wildman–Crippen MR) is 132 cm³/mol. The highest BCUT2D eigenvalue weighted by Gasteiger charge is 2.18. The van der Waals surface area contributed by atoms with E-state index in [1.165, 1.54) is 26.2 Å². The van der Waals surface area contributed by atoms with Crippen LogP contribution in [-0.2, 0) is 4.79 Å². The van der Waals surface area contributed by atoms with E-state index in [0.717, 1.165) is 0 Å². The number of methoxy groups -OCH3 is 4. The van der Waals surface area contributed by atoms with Gasteiger partial charge in [0.1, 0.15) is 5.75 Å². The minimum absolute atomic E-state index is 0.257. The third-order valence-corrected chi connectivity index (χ3v) is 5.21. The number of amides is 2. The molecule has 9 nitrogen and oxygen atoms in total. The predicted octanol–water partition coefficient (Wildman–Crippen LogP) is 4.02. The van der Waals surface area contributed by atoms with E-state index in [-0.39, 0.29) is 18.4 Å². The molecule has 0 atom stereocenters. The first-order valence-corrected chi connectivity index (χ1v) is 10.7. The fraction of sp³-hybridized carbons (Fsp3) is 0.231. The zero-order valence-electron chi connectivity index (χ0n) is 20.3. The molecule has 0 bridgehead atoms. The van der Waals surface area contributed by atoms with Gasteiger partial charge in [-0.15, -0.1) is 0 Å². The second-order valence-corrected chi connectivity index (χ2v) is 7.31. The fourth-order valence-corrected chi connectivity index (χ4v) is 3.34. The minimum atomic E-state index is -0.370. The quantitative estimate of drug-likeness (QED) is 0.468. The Kier molecular flexibility index (Phi) is 8.39. The van der Waals surface area contributed by atoms with Gasteiger partial charge in [-0.25, -0.2) is 0 Å². The number of hydrogen-bond donors (Lipinski definition) is 1. The van der Waals surface area contributed by atoms with Crippen LogP contribution in [0.25, 0.3) is 0 Å². The van der Waals surface area contributed by atoms with Gasteiger partial charge >= 0.3 is 0 Å². The van der Waals surface area contributed by atoms with Crippen molar-refractivity contribution >= 4 is 23.2 Å². The highest BCUT2D eigenvalue weighted by Crippen LogP contribution is 2.33. The molecule has 3 rings (SSSR count). The molecule has 0 fully saturated rings. The molecule has 0 spiro atoms. The standard InChI is InChI=1S/C26H28N2O7/c1-28(18-11-13-21(32-3)24(15-18)34-5)26(30)17-10-12-22(23(14-17)33-4)35-16-25(29)27-19-8-6-7-9-20(19)31-2/h6-15H,16H2,1-5H3,(H,27,29). The zero-order chi connectivity index (χ0) is 25.4. The Morgan fingerprint density at radius 2 is 1.37 bits per heavy atom. The van der Waals surface area contributed by atoms with Crippen molar-refractivity contribution in [2.75, 3.05) is 52.3 Å². The molecule has 0 aliphatic heterocycles. The van der Waals surface area contributed by atoms with Crippen molar-refractivity contribution in [3.8, 4) is 28.7 Å². The van der Waals surface area contributed by atoms with Crippen LogP contribution in [0.5, 0.6) is 28.7 Å². The number of nitrogens with one attached hydrogen (secondary N) is 1. The van der Waals surface area contributed by atoms with Gasteiger partial charge in [0.15, 0.2) is 29.6 Å². The van der Waals surface area contributed by atoms with Crippen LogP contribution in [0.4, 0.5) is 11.4 Å². The van der Waals surface area contributed by atoms with Crippen LogP contribution in [-0.4, -0.2) is 53.9 Å². The number of carbonyl (C=O) groups is 2. The normalized spacial score (nSPS) is 10.2. The van der Waals surface area contributed by atoms with Crippen molar-refractivity contribution < 1.29 is 33.3 Å². The molecule has 3 aromatic carbocycles. The van der Waals surface area contributed by atoms with Gasteiger partial charge in [-0.3, -0.25) is 9.59 Å². The average Bonchev–Trinajstić information content (AvgIpc) is 2.90. The first-order valence-electron chi connectivity index (χ1n) is 10.7. The Morgan fingerprint density at radius 3 is 2.06 bits per heavy atom. The highest BCUT2D eigenvalue weighted by atomic mass is 16.5. The van der Waals surface area contributed by atoms with Gasteiger partial charge in [-0.2, -0.15) is 0 Å². The lowest BCUT2D eigenvalue weighted by Crippen LogP contribution is -2.26. The molecule has 0 aliphatic rings. The maximum Gasteiger partial charge on any atom is 0.262 e. The van der Waals surface area contributed by atoms with Crippen molar-refractivity contribution in [2.24, 2.45) is 0 Å². The van der Waals surface area contributed by atoms with E-state index in [1.807, 2.05) is 0 Å². The summed E-state index contributed by atoms with van der Waals surface area (Å²) >= 11 is 0. The molecule has 0 saturated carbocycles. The zero-order valence-corrected chi connectivity index (χ0v) is 20.3. The molecular weight excluding hydrogens is 452 g/mol. The maximum absolute atomic E-state index is 13.1. The van der Waals surface area contributed by atoms with Crippen molar-refractivity contribution in [3.63, 3.8) is 0 Å². The molecule has 35 heavy (non-hydrogen) atoms. The largest absolute Gasteiger partial charge is 0.495 e.